The van der Waals surface area contributed by atoms with Gasteiger partial charge in [-0.2, -0.15) is 0 Å². The lowest BCUT2D eigenvalue weighted by molar-refractivity contribution is -0.118. The third-order valence-electron chi connectivity index (χ3n) is 3.67. The van der Waals surface area contributed by atoms with Crippen LogP contribution < -0.4 is 10.6 Å². The zero-order valence-electron chi connectivity index (χ0n) is 9.98. The Hall–Kier alpha value is -1.51. The standard InChI is InChI=1S/C14H18N2O/c15-12-6-7-13-11(8-12)2-1-3-14(17)16(13)9-10-4-5-10/h6-8,10H,1-5,9,15H2. The Bertz CT molecular complexity index is 452. The van der Waals surface area contributed by atoms with Gasteiger partial charge in [0.05, 0.1) is 0 Å². The van der Waals surface area contributed by atoms with Gasteiger partial charge in [-0.3, -0.25) is 4.79 Å². The number of rotatable bonds is 2. The summed E-state index contributed by atoms with van der Waals surface area (Å²) in [6, 6.07) is 5.93. The maximum Gasteiger partial charge on any atom is 0.227 e. The Balaban J connectivity index is 1.96. The van der Waals surface area contributed by atoms with Crippen LogP contribution in [0.15, 0.2) is 18.2 Å². The Kier molecular flexibility index (Phi) is 2.54. The van der Waals surface area contributed by atoms with Crippen molar-refractivity contribution in [3.05, 3.63) is 23.8 Å². The summed E-state index contributed by atoms with van der Waals surface area (Å²) in [5.41, 5.74) is 8.94. The van der Waals surface area contributed by atoms with Gasteiger partial charge in [-0.15, -0.1) is 0 Å². The molecule has 1 saturated carbocycles. The quantitative estimate of drug-likeness (QED) is 0.793. The monoisotopic (exact) mass is 230 g/mol. The first-order valence-corrected chi connectivity index (χ1v) is 6.43. The van der Waals surface area contributed by atoms with Crippen LogP contribution in [-0.4, -0.2) is 12.5 Å². The van der Waals surface area contributed by atoms with Gasteiger partial charge in [0, 0.05) is 24.3 Å². The minimum Gasteiger partial charge on any atom is -0.399 e. The number of hydrogen-bond acceptors (Lipinski definition) is 2. The van der Waals surface area contributed by atoms with Gasteiger partial charge in [-0.05, 0) is 55.4 Å². The molecular weight excluding hydrogens is 212 g/mol. The highest BCUT2D eigenvalue weighted by molar-refractivity contribution is 5.95. The number of fused-ring (bicyclic) bond motifs is 1. The Morgan fingerprint density at radius 3 is 2.88 bits per heavy atom. The molecule has 17 heavy (non-hydrogen) atoms. The zero-order valence-corrected chi connectivity index (χ0v) is 9.98. The van der Waals surface area contributed by atoms with Gasteiger partial charge in [-0.1, -0.05) is 0 Å². The second kappa shape index (κ2) is 4.06. The smallest absolute Gasteiger partial charge is 0.227 e. The van der Waals surface area contributed by atoms with E-state index in [1.165, 1.54) is 18.4 Å². The number of nitrogens with zero attached hydrogens (tertiary/aromatic N) is 1. The second-order valence-electron chi connectivity index (χ2n) is 5.19. The largest absolute Gasteiger partial charge is 0.399 e. The van der Waals surface area contributed by atoms with Gasteiger partial charge in [0.25, 0.3) is 0 Å². The molecule has 1 aliphatic heterocycles. The van der Waals surface area contributed by atoms with E-state index in [-0.39, 0.29) is 5.91 Å². The Morgan fingerprint density at radius 2 is 2.12 bits per heavy atom. The van der Waals surface area contributed by atoms with Crippen LogP contribution >= 0.6 is 0 Å². The van der Waals surface area contributed by atoms with Crippen LogP contribution in [-0.2, 0) is 11.2 Å². The zero-order chi connectivity index (χ0) is 11.8. The van der Waals surface area contributed by atoms with E-state index in [1.807, 2.05) is 23.1 Å². The lowest BCUT2D eigenvalue weighted by Crippen LogP contribution is -2.32. The molecule has 2 aliphatic rings. The summed E-state index contributed by atoms with van der Waals surface area (Å²) in [6.07, 6.45) is 5.12. The molecule has 0 saturated heterocycles. The molecule has 1 amide bonds. The lowest BCUT2D eigenvalue weighted by atomic mass is 10.1. The van der Waals surface area contributed by atoms with E-state index < -0.39 is 0 Å². The van der Waals surface area contributed by atoms with E-state index >= 15 is 0 Å². The number of nitrogens with two attached hydrogens (primary N) is 1. The number of nitrogen functional groups attached to an aromatic ring is 1. The van der Waals surface area contributed by atoms with Crippen molar-refractivity contribution in [2.45, 2.75) is 32.1 Å². The van der Waals surface area contributed by atoms with Gasteiger partial charge < -0.3 is 10.6 Å². The Morgan fingerprint density at radius 1 is 1.29 bits per heavy atom. The summed E-state index contributed by atoms with van der Waals surface area (Å²) in [5, 5.41) is 0. The summed E-state index contributed by atoms with van der Waals surface area (Å²) in [6.45, 7) is 0.899. The van der Waals surface area contributed by atoms with E-state index in [9.17, 15) is 4.79 Å². The minimum absolute atomic E-state index is 0.278. The molecular formula is C14H18N2O. The molecule has 0 radical (unpaired) electrons. The molecule has 1 aromatic carbocycles. The highest BCUT2D eigenvalue weighted by atomic mass is 16.2. The molecule has 0 bridgehead atoms. The molecule has 3 nitrogen and oxygen atoms in total. The molecule has 1 fully saturated rings. The highest BCUT2D eigenvalue weighted by Crippen LogP contribution is 2.35. The second-order valence-corrected chi connectivity index (χ2v) is 5.19. The first-order chi connectivity index (χ1) is 8.24. The fourth-order valence-corrected chi connectivity index (χ4v) is 2.53. The number of carbonyl (C=O) groups excluding carboxylic acids is 1. The third-order valence-corrected chi connectivity index (χ3v) is 3.67. The average Bonchev–Trinajstić information content (AvgIpc) is 3.10. The molecule has 0 atom stereocenters. The summed E-state index contributed by atoms with van der Waals surface area (Å²) < 4.78 is 0. The molecule has 0 spiro atoms. The minimum atomic E-state index is 0.278. The third kappa shape index (κ3) is 2.14. The van der Waals surface area contributed by atoms with Crippen molar-refractivity contribution in [1.82, 2.24) is 0 Å². The SMILES string of the molecule is Nc1ccc2c(c1)CCCC(=O)N2CC1CC1. The molecule has 3 heteroatoms. The van der Waals surface area contributed by atoms with E-state index in [0.717, 1.165) is 36.7 Å². The van der Waals surface area contributed by atoms with Gasteiger partial charge in [0.15, 0.2) is 0 Å². The van der Waals surface area contributed by atoms with E-state index in [4.69, 9.17) is 5.73 Å². The van der Waals surface area contributed by atoms with Crippen LogP contribution in [0, 0.1) is 5.92 Å². The van der Waals surface area contributed by atoms with Crippen LogP contribution in [0.4, 0.5) is 11.4 Å². The number of carbonyl (C=O) groups is 1. The Labute approximate surface area is 102 Å². The van der Waals surface area contributed by atoms with Crippen molar-refractivity contribution in [3.8, 4) is 0 Å². The van der Waals surface area contributed by atoms with Crippen LogP contribution in [0.25, 0.3) is 0 Å². The molecule has 2 N–H and O–H groups in total. The van der Waals surface area contributed by atoms with Crippen molar-refractivity contribution >= 4 is 17.3 Å². The molecule has 0 unspecified atom stereocenters. The first kappa shape index (κ1) is 10.6. The number of aryl methyl sites for hydroxylation is 1. The molecule has 1 aromatic rings. The van der Waals surface area contributed by atoms with Crippen molar-refractivity contribution < 1.29 is 4.79 Å². The number of benzene rings is 1. The van der Waals surface area contributed by atoms with Gasteiger partial charge >= 0.3 is 0 Å². The summed E-state index contributed by atoms with van der Waals surface area (Å²) in [4.78, 5) is 14.1. The van der Waals surface area contributed by atoms with Crippen molar-refractivity contribution in [3.63, 3.8) is 0 Å². The number of amides is 1. The van der Waals surface area contributed by atoms with Crippen molar-refractivity contribution in [2.75, 3.05) is 17.2 Å². The summed E-state index contributed by atoms with van der Waals surface area (Å²) in [7, 11) is 0. The van der Waals surface area contributed by atoms with Gasteiger partial charge in [0.2, 0.25) is 5.91 Å². The summed E-state index contributed by atoms with van der Waals surface area (Å²) >= 11 is 0. The highest BCUT2D eigenvalue weighted by Gasteiger charge is 2.29. The fourth-order valence-electron chi connectivity index (χ4n) is 2.53. The predicted molar refractivity (Wildman–Crippen MR) is 68.9 cm³/mol. The van der Waals surface area contributed by atoms with Crippen LogP contribution in [0.5, 0.6) is 0 Å². The van der Waals surface area contributed by atoms with Crippen LogP contribution in [0.3, 0.4) is 0 Å². The molecule has 0 aromatic heterocycles. The van der Waals surface area contributed by atoms with E-state index in [2.05, 4.69) is 0 Å². The topological polar surface area (TPSA) is 46.3 Å². The maximum atomic E-state index is 12.1. The van der Waals surface area contributed by atoms with E-state index in [1.54, 1.807) is 0 Å². The number of anilines is 2. The maximum absolute atomic E-state index is 12.1. The number of hydrogen-bond donors (Lipinski definition) is 1. The average molecular weight is 230 g/mol. The van der Waals surface area contributed by atoms with Crippen LogP contribution in [0.1, 0.15) is 31.2 Å². The normalized spacial score (nSPS) is 20.0. The predicted octanol–water partition coefficient (Wildman–Crippen LogP) is 2.35. The molecule has 3 rings (SSSR count). The van der Waals surface area contributed by atoms with Crippen LogP contribution in [0.2, 0.25) is 0 Å². The molecule has 1 aliphatic carbocycles. The van der Waals surface area contributed by atoms with E-state index in [0.29, 0.717) is 6.42 Å². The van der Waals surface area contributed by atoms with Gasteiger partial charge in [0.1, 0.15) is 0 Å². The molecule has 1 heterocycles. The lowest BCUT2D eigenvalue weighted by Gasteiger charge is -2.23. The van der Waals surface area contributed by atoms with Gasteiger partial charge in [-0.25, -0.2) is 0 Å². The summed E-state index contributed by atoms with van der Waals surface area (Å²) in [5.74, 6) is 1.00. The van der Waals surface area contributed by atoms with Crippen molar-refractivity contribution in [1.29, 1.82) is 0 Å². The fraction of sp³-hybridized carbons (Fsp3) is 0.500. The first-order valence-electron chi connectivity index (χ1n) is 6.43. The molecule has 90 valence electrons. The van der Waals surface area contributed by atoms with Crippen molar-refractivity contribution in [2.24, 2.45) is 5.92 Å².